The summed E-state index contributed by atoms with van der Waals surface area (Å²) in [6, 6.07) is 0. The van der Waals surface area contributed by atoms with Gasteiger partial charge >= 0.3 is 7.69 Å². The molecule has 0 saturated carbocycles. The van der Waals surface area contributed by atoms with E-state index in [4.69, 9.17) is 15.2 Å². The fourth-order valence-electron chi connectivity index (χ4n) is 0. The first kappa shape index (κ1) is 10.0. The second kappa shape index (κ2) is 9.34. The lowest BCUT2D eigenvalue weighted by atomic mass is 10.5. The van der Waals surface area contributed by atoms with Crippen LogP contribution in [0.15, 0.2) is 0 Å². The maximum Gasteiger partial charge on any atom is 0.482 e. The van der Waals surface area contributed by atoms with Gasteiger partial charge in [-0.3, -0.25) is 0 Å². The minimum atomic E-state index is -0.167. The summed E-state index contributed by atoms with van der Waals surface area (Å²) < 4.78 is 0. The quantitative estimate of drug-likeness (QED) is 0.342. The largest absolute Gasteiger partial charge is 0.482 e. The number of aliphatic hydroxyl groups is 1. The molecule has 7 heavy (non-hydrogen) atoms. The van der Waals surface area contributed by atoms with E-state index >= 15 is 0 Å². The van der Waals surface area contributed by atoms with Gasteiger partial charge in [0.25, 0.3) is 0 Å². The predicted octanol–water partition coefficient (Wildman–Crippen LogP) is -1.11. The molecule has 0 aliphatic rings. The molecule has 0 aromatic rings. The van der Waals surface area contributed by atoms with Crippen LogP contribution < -0.4 is 0 Å². The van der Waals surface area contributed by atoms with E-state index in [0.717, 1.165) is 0 Å². The van der Waals surface area contributed by atoms with Gasteiger partial charge in [-0.25, -0.2) is 0 Å². The van der Waals surface area contributed by atoms with Crippen LogP contribution in [0.25, 0.3) is 0 Å². The van der Waals surface area contributed by atoms with E-state index in [9.17, 15) is 0 Å². The molecule has 0 rings (SSSR count). The average Bonchev–Trinajstić information content (AvgIpc) is 1.33. The van der Waals surface area contributed by atoms with Crippen LogP contribution in [0.3, 0.4) is 0 Å². The number of rotatable bonds is 0. The van der Waals surface area contributed by atoms with Crippen LogP contribution in [-0.2, 0) is 0 Å². The summed E-state index contributed by atoms with van der Waals surface area (Å²) in [6.45, 7) is 3.44. The Kier molecular flexibility index (Phi) is 13.4. The molecule has 0 saturated heterocycles. The summed E-state index contributed by atoms with van der Waals surface area (Å²) >= 11 is 0. The molecule has 0 atom stereocenters. The van der Waals surface area contributed by atoms with Crippen molar-refractivity contribution >= 4 is 7.69 Å². The molecule has 0 aliphatic carbocycles. The molecule has 0 aromatic carbocycles. The van der Waals surface area contributed by atoms with E-state index in [0.29, 0.717) is 0 Å². The van der Waals surface area contributed by atoms with Crippen molar-refractivity contribution in [3.8, 4) is 0 Å². The number of hydrogen-bond acceptors (Lipinski definition) is 3. The van der Waals surface area contributed by atoms with Gasteiger partial charge in [-0.1, -0.05) is 0 Å². The lowest BCUT2D eigenvalue weighted by Crippen LogP contribution is -1.85. The standard InChI is InChI=1S/C3H8O.BH2O2/c1-3(2)4;2-1-3/h3-4H,1-2H3;2-3H. The predicted molar refractivity (Wildman–Crippen MR) is 27.5 cm³/mol. The second-order valence-corrected chi connectivity index (χ2v) is 1.21. The SMILES string of the molecule is CC(C)O.O[B]O. The Morgan fingerprint density at radius 2 is 1.29 bits per heavy atom. The van der Waals surface area contributed by atoms with Crippen molar-refractivity contribution in [1.29, 1.82) is 0 Å². The molecular weight excluding hydrogens is 94.8 g/mol. The van der Waals surface area contributed by atoms with Gasteiger partial charge in [-0.2, -0.15) is 0 Å². The first-order valence-corrected chi connectivity index (χ1v) is 1.93. The van der Waals surface area contributed by atoms with Crippen LogP contribution in [0, 0.1) is 0 Å². The van der Waals surface area contributed by atoms with E-state index in [2.05, 4.69) is 0 Å². The van der Waals surface area contributed by atoms with Gasteiger partial charge in [-0.15, -0.1) is 0 Å². The fraction of sp³-hybridized carbons (Fsp3) is 1.00. The van der Waals surface area contributed by atoms with Crippen molar-refractivity contribution in [3.63, 3.8) is 0 Å². The molecule has 4 heteroatoms. The average molecular weight is 105 g/mol. The Hall–Kier alpha value is -0.0551. The first-order chi connectivity index (χ1) is 3.15. The minimum absolute atomic E-state index is 0. The van der Waals surface area contributed by atoms with Crippen molar-refractivity contribution in [2.45, 2.75) is 20.0 Å². The lowest BCUT2D eigenvalue weighted by Gasteiger charge is -1.80. The van der Waals surface area contributed by atoms with Gasteiger partial charge in [0.05, 0.1) is 0 Å². The van der Waals surface area contributed by atoms with Crippen molar-refractivity contribution < 1.29 is 15.2 Å². The summed E-state index contributed by atoms with van der Waals surface area (Å²) in [6.07, 6.45) is -0.167. The molecular formula is C3H10BO3. The smallest absolute Gasteiger partial charge is 0.429 e. The monoisotopic (exact) mass is 105 g/mol. The Labute approximate surface area is 43.9 Å². The normalized spacial score (nSPS) is 7.14. The van der Waals surface area contributed by atoms with Crippen molar-refractivity contribution in [2.24, 2.45) is 0 Å². The zero-order chi connectivity index (χ0) is 6.28. The third-order valence-corrected chi connectivity index (χ3v) is 0. The fourth-order valence-corrected chi connectivity index (χ4v) is 0. The highest BCUT2D eigenvalue weighted by Crippen LogP contribution is 1.65. The summed E-state index contributed by atoms with van der Waals surface area (Å²) in [7, 11) is 0. The molecule has 3 nitrogen and oxygen atoms in total. The topological polar surface area (TPSA) is 60.7 Å². The van der Waals surface area contributed by atoms with Gasteiger partial charge < -0.3 is 15.2 Å². The van der Waals surface area contributed by atoms with Gasteiger partial charge in [0.2, 0.25) is 0 Å². The molecule has 0 fully saturated rings. The van der Waals surface area contributed by atoms with Crippen molar-refractivity contribution in [3.05, 3.63) is 0 Å². The zero-order valence-electron chi connectivity index (χ0n) is 4.50. The molecule has 0 amide bonds. The van der Waals surface area contributed by atoms with Gasteiger partial charge in [0.1, 0.15) is 0 Å². The summed E-state index contributed by atoms with van der Waals surface area (Å²) in [5.74, 6) is 0. The first-order valence-electron chi connectivity index (χ1n) is 1.93. The Balaban J connectivity index is 0. The van der Waals surface area contributed by atoms with Gasteiger partial charge in [0, 0.05) is 6.10 Å². The molecule has 1 radical (unpaired) electrons. The van der Waals surface area contributed by atoms with E-state index < -0.39 is 0 Å². The highest BCUT2D eigenvalue weighted by Gasteiger charge is 1.69. The minimum Gasteiger partial charge on any atom is -0.429 e. The Morgan fingerprint density at radius 1 is 1.29 bits per heavy atom. The van der Waals surface area contributed by atoms with E-state index in [1.807, 2.05) is 0 Å². The molecule has 0 bridgehead atoms. The molecule has 0 aliphatic heterocycles. The van der Waals surface area contributed by atoms with Crippen LogP contribution >= 0.6 is 0 Å². The summed E-state index contributed by atoms with van der Waals surface area (Å²) in [4.78, 5) is 0. The third kappa shape index (κ3) is 30500. The summed E-state index contributed by atoms with van der Waals surface area (Å²) in [5, 5.41) is 22.1. The molecule has 0 spiro atoms. The van der Waals surface area contributed by atoms with Crippen molar-refractivity contribution in [2.75, 3.05) is 0 Å². The van der Waals surface area contributed by atoms with E-state index in [1.165, 1.54) is 0 Å². The van der Waals surface area contributed by atoms with Crippen LogP contribution in [0.1, 0.15) is 13.8 Å². The van der Waals surface area contributed by atoms with E-state index in [-0.39, 0.29) is 13.8 Å². The van der Waals surface area contributed by atoms with E-state index in [1.54, 1.807) is 13.8 Å². The maximum atomic E-state index is 8.06. The number of aliphatic hydroxyl groups excluding tert-OH is 1. The third-order valence-electron chi connectivity index (χ3n) is 0. The molecule has 43 valence electrons. The molecule has 0 unspecified atom stereocenters. The lowest BCUT2D eigenvalue weighted by molar-refractivity contribution is 0.216. The maximum absolute atomic E-state index is 8.06. The Morgan fingerprint density at radius 3 is 1.29 bits per heavy atom. The van der Waals surface area contributed by atoms with Crippen LogP contribution in [0.2, 0.25) is 0 Å². The summed E-state index contributed by atoms with van der Waals surface area (Å²) in [5.41, 5.74) is 0. The molecule has 0 aromatic heterocycles. The Bertz CT molecular complexity index is 21.4. The molecule has 3 N–H and O–H groups in total. The zero-order valence-corrected chi connectivity index (χ0v) is 4.50. The second-order valence-electron chi connectivity index (χ2n) is 1.21. The molecule has 0 heterocycles. The van der Waals surface area contributed by atoms with Crippen LogP contribution in [0.4, 0.5) is 0 Å². The van der Waals surface area contributed by atoms with Gasteiger partial charge in [0.15, 0.2) is 0 Å². The number of hydrogen-bond donors (Lipinski definition) is 3. The highest BCUT2D eigenvalue weighted by molar-refractivity contribution is 6.13. The van der Waals surface area contributed by atoms with Crippen LogP contribution in [-0.4, -0.2) is 28.9 Å². The van der Waals surface area contributed by atoms with Crippen molar-refractivity contribution in [1.82, 2.24) is 0 Å². The van der Waals surface area contributed by atoms with Crippen LogP contribution in [0.5, 0.6) is 0 Å². The van der Waals surface area contributed by atoms with Gasteiger partial charge in [-0.05, 0) is 13.8 Å². The highest BCUT2D eigenvalue weighted by atomic mass is 16.4.